The molecule has 0 radical (unpaired) electrons. The van der Waals surface area contributed by atoms with Gasteiger partial charge in [-0.3, -0.25) is 9.25 Å². The number of nitrogens with one attached hydrogen (secondary N) is 1. The zero-order valence-corrected chi connectivity index (χ0v) is 11.2. The van der Waals surface area contributed by atoms with Crippen molar-refractivity contribution >= 4 is 22.6 Å². The Morgan fingerprint density at radius 1 is 1.42 bits per heavy atom. The van der Waals surface area contributed by atoms with Crippen LogP contribution in [-0.2, 0) is 6.54 Å². The van der Waals surface area contributed by atoms with Crippen LogP contribution in [-0.4, -0.2) is 19.3 Å². The number of imidazole rings is 1. The Balaban J connectivity index is 2.20. The van der Waals surface area contributed by atoms with Crippen LogP contribution in [0.5, 0.6) is 0 Å². The van der Waals surface area contributed by atoms with Crippen LogP contribution in [0.4, 0.5) is 0 Å². The van der Waals surface area contributed by atoms with Gasteiger partial charge in [0.15, 0.2) is 0 Å². The molecule has 6 heteroatoms. The Morgan fingerprint density at radius 3 is 3.05 bits per heavy atom. The summed E-state index contributed by atoms with van der Waals surface area (Å²) < 4.78 is 3.41. The molecule has 3 aromatic rings. The SMILES string of the molecule is CCCn1cc(-n2c(=O)[nH]c3ccc(Cl)cc32)cn1. The maximum atomic E-state index is 12.0. The first-order chi connectivity index (χ1) is 9.19. The van der Waals surface area contributed by atoms with Crippen molar-refractivity contribution in [3.8, 4) is 5.69 Å². The number of aromatic amines is 1. The molecule has 1 N–H and O–H groups in total. The largest absolute Gasteiger partial charge is 0.331 e. The molecule has 98 valence electrons. The van der Waals surface area contributed by atoms with Gasteiger partial charge in [0, 0.05) is 17.8 Å². The predicted molar refractivity (Wildman–Crippen MR) is 75.0 cm³/mol. The van der Waals surface area contributed by atoms with E-state index < -0.39 is 0 Å². The summed E-state index contributed by atoms with van der Waals surface area (Å²) in [5.74, 6) is 0. The zero-order chi connectivity index (χ0) is 13.4. The van der Waals surface area contributed by atoms with Crippen LogP contribution in [0.3, 0.4) is 0 Å². The smallest absolute Gasteiger partial charge is 0.305 e. The third-order valence-corrected chi connectivity index (χ3v) is 3.21. The van der Waals surface area contributed by atoms with Gasteiger partial charge in [-0.25, -0.2) is 4.79 Å². The molecule has 0 bridgehead atoms. The Kier molecular flexibility index (Phi) is 2.91. The average Bonchev–Trinajstić information content (AvgIpc) is 2.93. The Bertz CT molecular complexity index is 783. The number of halogens is 1. The summed E-state index contributed by atoms with van der Waals surface area (Å²) in [6.07, 6.45) is 4.54. The van der Waals surface area contributed by atoms with Crippen molar-refractivity contribution < 1.29 is 0 Å². The van der Waals surface area contributed by atoms with E-state index in [1.54, 1.807) is 29.0 Å². The first kappa shape index (κ1) is 12.0. The minimum atomic E-state index is -0.187. The van der Waals surface area contributed by atoms with Crippen molar-refractivity contribution in [2.24, 2.45) is 0 Å². The lowest BCUT2D eigenvalue weighted by Crippen LogP contribution is -2.14. The van der Waals surface area contributed by atoms with Gasteiger partial charge in [0.2, 0.25) is 0 Å². The number of aryl methyl sites for hydroxylation is 1. The quantitative estimate of drug-likeness (QED) is 0.799. The molecule has 0 amide bonds. The van der Waals surface area contributed by atoms with E-state index in [1.165, 1.54) is 0 Å². The second-order valence-electron chi connectivity index (χ2n) is 4.39. The van der Waals surface area contributed by atoms with Crippen molar-refractivity contribution in [2.45, 2.75) is 19.9 Å². The summed E-state index contributed by atoms with van der Waals surface area (Å²) in [5, 5.41) is 4.84. The number of aromatic nitrogens is 4. The Hall–Kier alpha value is -2.01. The highest BCUT2D eigenvalue weighted by molar-refractivity contribution is 6.31. The molecule has 0 spiro atoms. The molecule has 0 aliphatic carbocycles. The van der Waals surface area contributed by atoms with Crippen LogP contribution >= 0.6 is 11.6 Å². The van der Waals surface area contributed by atoms with Gasteiger partial charge in [-0.2, -0.15) is 5.10 Å². The minimum absolute atomic E-state index is 0.187. The molecule has 3 rings (SSSR count). The van der Waals surface area contributed by atoms with Crippen LogP contribution in [0.2, 0.25) is 5.02 Å². The highest BCUT2D eigenvalue weighted by atomic mass is 35.5. The van der Waals surface area contributed by atoms with Gasteiger partial charge < -0.3 is 4.98 Å². The molecule has 0 saturated heterocycles. The maximum absolute atomic E-state index is 12.0. The number of benzene rings is 1. The third kappa shape index (κ3) is 2.06. The van der Waals surface area contributed by atoms with E-state index in [4.69, 9.17) is 11.6 Å². The minimum Gasteiger partial charge on any atom is -0.305 e. The fourth-order valence-corrected chi connectivity index (χ4v) is 2.32. The molecular weight excluding hydrogens is 264 g/mol. The van der Waals surface area contributed by atoms with Crippen LogP contribution in [0.15, 0.2) is 35.4 Å². The highest BCUT2D eigenvalue weighted by Gasteiger charge is 2.10. The number of H-pyrrole nitrogens is 1. The molecule has 0 aliphatic heterocycles. The predicted octanol–water partition coefficient (Wildman–Crippen LogP) is 2.58. The van der Waals surface area contributed by atoms with E-state index in [2.05, 4.69) is 17.0 Å². The van der Waals surface area contributed by atoms with Crippen molar-refractivity contribution in [1.29, 1.82) is 0 Å². The highest BCUT2D eigenvalue weighted by Crippen LogP contribution is 2.19. The van der Waals surface area contributed by atoms with Crippen molar-refractivity contribution in [2.75, 3.05) is 0 Å². The molecule has 19 heavy (non-hydrogen) atoms. The molecule has 2 aromatic heterocycles. The van der Waals surface area contributed by atoms with Gasteiger partial charge in [0.25, 0.3) is 0 Å². The summed E-state index contributed by atoms with van der Waals surface area (Å²) in [7, 11) is 0. The third-order valence-electron chi connectivity index (χ3n) is 2.98. The van der Waals surface area contributed by atoms with E-state index in [-0.39, 0.29) is 5.69 Å². The lowest BCUT2D eigenvalue weighted by molar-refractivity contribution is 0.602. The first-order valence-corrected chi connectivity index (χ1v) is 6.50. The number of rotatable bonds is 3. The first-order valence-electron chi connectivity index (χ1n) is 6.12. The van der Waals surface area contributed by atoms with Crippen molar-refractivity contribution in [1.82, 2.24) is 19.3 Å². The van der Waals surface area contributed by atoms with Crippen molar-refractivity contribution in [3.05, 3.63) is 46.1 Å². The topological polar surface area (TPSA) is 55.6 Å². The number of hydrogen-bond donors (Lipinski definition) is 1. The van der Waals surface area contributed by atoms with Gasteiger partial charge >= 0.3 is 5.69 Å². The number of hydrogen-bond acceptors (Lipinski definition) is 2. The molecule has 5 nitrogen and oxygen atoms in total. The number of nitrogens with zero attached hydrogens (tertiary/aromatic N) is 3. The molecule has 0 unspecified atom stereocenters. The summed E-state index contributed by atoms with van der Waals surface area (Å²) in [6.45, 7) is 2.91. The lowest BCUT2D eigenvalue weighted by Gasteiger charge is -1.99. The van der Waals surface area contributed by atoms with Crippen LogP contribution in [0.25, 0.3) is 16.7 Å². The molecule has 0 atom stereocenters. The standard InChI is InChI=1S/C13H13ClN4O/c1-2-5-17-8-10(7-15-17)18-12-6-9(14)3-4-11(12)16-13(18)19/h3-4,6-8H,2,5H2,1H3,(H,16,19). The Morgan fingerprint density at radius 2 is 2.26 bits per heavy atom. The average molecular weight is 277 g/mol. The second kappa shape index (κ2) is 4.59. The second-order valence-corrected chi connectivity index (χ2v) is 4.83. The molecule has 2 heterocycles. The summed E-state index contributed by atoms with van der Waals surface area (Å²) in [5.41, 5.74) is 2.08. The molecule has 0 aliphatic rings. The normalized spacial score (nSPS) is 11.3. The van der Waals surface area contributed by atoms with Gasteiger partial charge in [0.05, 0.1) is 22.9 Å². The summed E-state index contributed by atoms with van der Waals surface area (Å²) in [4.78, 5) is 14.9. The van der Waals surface area contributed by atoms with Crippen LogP contribution in [0, 0.1) is 0 Å². The molecule has 0 fully saturated rings. The zero-order valence-electron chi connectivity index (χ0n) is 10.4. The van der Waals surface area contributed by atoms with Gasteiger partial charge in [-0.1, -0.05) is 18.5 Å². The van der Waals surface area contributed by atoms with Crippen LogP contribution in [0.1, 0.15) is 13.3 Å². The number of fused-ring (bicyclic) bond motifs is 1. The van der Waals surface area contributed by atoms with Gasteiger partial charge in [0.1, 0.15) is 0 Å². The van der Waals surface area contributed by atoms with Crippen molar-refractivity contribution in [3.63, 3.8) is 0 Å². The van der Waals surface area contributed by atoms with E-state index in [0.29, 0.717) is 5.02 Å². The van der Waals surface area contributed by atoms with E-state index in [9.17, 15) is 4.79 Å². The maximum Gasteiger partial charge on any atom is 0.331 e. The fourth-order valence-electron chi connectivity index (χ4n) is 2.15. The molecular formula is C13H13ClN4O. The Labute approximate surface area is 114 Å². The van der Waals surface area contributed by atoms with E-state index in [0.717, 1.165) is 29.7 Å². The van der Waals surface area contributed by atoms with E-state index >= 15 is 0 Å². The summed E-state index contributed by atoms with van der Waals surface area (Å²) in [6, 6.07) is 5.32. The molecule has 1 aromatic carbocycles. The monoisotopic (exact) mass is 276 g/mol. The summed E-state index contributed by atoms with van der Waals surface area (Å²) >= 11 is 5.99. The van der Waals surface area contributed by atoms with Gasteiger partial charge in [-0.15, -0.1) is 0 Å². The molecule has 0 saturated carbocycles. The van der Waals surface area contributed by atoms with Gasteiger partial charge in [-0.05, 0) is 24.6 Å². The van der Waals surface area contributed by atoms with Crippen LogP contribution < -0.4 is 5.69 Å². The lowest BCUT2D eigenvalue weighted by atomic mass is 10.3. The van der Waals surface area contributed by atoms with E-state index in [1.807, 2.05) is 10.9 Å². The fraction of sp³-hybridized carbons (Fsp3) is 0.231.